The van der Waals surface area contributed by atoms with Crippen LogP contribution in [0.15, 0.2) is 60.9 Å². The number of alkyl halides is 3. The molecule has 0 aliphatic rings. The summed E-state index contributed by atoms with van der Waals surface area (Å²) < 4.78 is 52.4. The van der Waals surface area contributed by atoms with Crippen molar-refractivity contribution in [2.45, 2.75) is 6.36 Å². The van der Waals surface area contributed by atoms with E-state index in [-0.39, 0.29) is 23.3 Å². The number of anilines is 2. The quantitative estimate of drug-likeness (QED) is 0.438. The molecule has 0 amide bonds. The molecule has 0 spiro atoms. The lowest BCUT2D eigenvalue weighted by Gasteiger charge is -2.13. The van der Waals surface area contributed by atoms with Gasteiger partial charge in [-0.25, -0.2) is 4.98 Å². The highest BCUT2D eigenvalue weighted by molar-refractivity contribution is 5.80. The Morgan fingerprint density at radius 2 is 1.80 bits per heavy atom. The van der Waals surface area contributed by atoms with E-state index in [9.17, 15) is 13.2 Å². The zero-order chi connectivity index (χ0) is 21.1. The topological polar surface area (TPSA) is 81.3 Å². The summed E-state index contributed by atoms with van der Waals surface area (Å²) in [5.74, 6) is 0.704. The minimum Gasteiger partial charge on any atom is -0.497 e. The Hall–Kier alpha value is -3.95. The highest BCUT2D eigenvalue weighted by atomic mass is 19.4. The third-order valence-corrected chi connectivity index (χ3v) is 3.98. The number of aromatic amines is 1. The molecule has 4 rings (SSSR count). The molecule has 0 fully saturated rings. The molecule has 0 aliphatic heterocycles. The van der Waals surface area contributed by atoms with Crippen molar-refractivity contribution in [2.24, 2.45) is 0 Å². The average Bonchev–Trinajstić information content (AvgIpc) is 3.14. The molecule has 2 heterocycles. The van der Waals surface area contributed by atoms with Gasteiger partial charge in [0.15, 0.2) is 0 Å². The summed E-state index contributed by atoms with van der Waals surface area (Å²) in [7, 11) is 1.34. The molecule has 154 valence electrons. The van der Waals surface area contributed by atoms with Crippen LogP contribution in [0.1, 0.15) is 0 Å². The number of nitrogens with one attached hydrogen (secondary N) is 2. The van der Waals surface area contributed by atoms with Crippen LogP contribution in [0.5, 0.6) is 23.1 Å². The second kappa shape index (κ2) is 7.82. The van der Waals surface area contributed by atoms with E-state index in [2.05, 4.69) is 25.0 Å². The van der Waals surface area contributed by atoms with Crippen LogP contribution in [-0.4, -0.2) is 28.4 Å². The second-order valence-corrected chi connectivity index (χ2v) is 6.12. The van der Waals surface area contributed by atoms with Crippen LogP contribution in [-0.2, 0) is 0 Å². The summed E-state index contributed by atoms with van der Waals surface area (Å²) in [6.07, 6.45) is -1.53. The molecule has 4 aromatic rings. The number of ether oxygens (including phenoxy) is 3. The van der Waals surface area contributed by atoms with E-state index in [1.165, 1.54) is 19.4 Å². The van der Waals surface area contributed by atoms with Crippen molar-refractivity contribution in [3.8, 4) is 23.1 Å². The van der Waals surface area contributed by atoms with E-state index >= 15 is 0 Å². The van der Waals surface area contributed by atoms with E-state index in [4.69, 9.17) is 9.47 Å². The molecule has 0 bridgehead atoms. The summed E-state index contributed by atoms with van der Waals surface area (Å²) >= 11 is 0. The van der Waals surface area contributed by atoms with Crippen LogP contribution in [0.4, 0.5) is 24.8 Å². The first kappa shape index (κ1) is 19.4. The van der Waals surface area contributed by atoms with E-state index in [1.54, 1.807) is 12.1 Å². The van der Waals surface area contributed by atoms with Gasteiger partial charge in [-0.3, -0.25) is 0 Å². The largest absolute Gasteiger partial charge is 0.573 e. The molecule has 2 aromatic carbocycles. The fourth-order valence-electron chi connectivity index (χ4n) is 2.76. The number of hydrogen-bond donors (Lipinski definition) is 2. The molecular formula is C20H15F3N4O3. The van der Waals surface area contributed by atoms with Crippen LogP contribution < -0.4 is 19.5 Å². The van der Waals surface area contributed by atoms with Gasteiger partial charge in [-0.1, -0.05) is 0 Å². The van der Waals surface area contributed by atoms with Gasteiger partial charge in [0.1, 0.15) is 17.2 Å². The summed E-state index contributed by atoms with van der Waals surface area (Å²) in [4.78, 5) is 11.4. The molecule has 0 radical (unpaired) electrons. The summed E-state index contributed by atoms with van der Waals surface area (Å²) in [6.45, 7) is 0. The molecule has 7 nitrogen and oxygen atoms in total. The number of benzene rings is 2. The minimum absolute atomic E-state index is 0.126. The molecule has 0 saturated carbocycles. The van der Waals surface area contributed by atoms with Gasteiger partial charge in [-0.2, -0.15) is 4.98 Å². The van der Waals surface area contributed by atoms with Crippen molar-refractivity contribution >= 4 is 22.5 Å². The lowest BCUT2D eigenvalue weighted by Crippen LogP contribution is -2.17. The smallest absolute Gasteiger partial charge is 0.497 e. The van der Waals surface area contributed by atoms with E-state index < -0.39 is 12.1 Å². The molecule has 10 heteroatoms. The number of halogens is 3. The van der Waals surface area contributed by atoms with Gasteiger partial charge in [0.25, 0.3) is 0 Å². The average molecular weight is 416 g/mol. The SMILES string of the molecule is COc1cc(Nc2nccc(Oc3ccc4[nH]ccc4c3)n2)cc(OC(F)(F)F)c1. The summed E-state index contributed by atoms with van der Waals surface area (Å²) in [5.41, 5.74) is 1.22. The highest BCUT2D eigenvalue weighted by Gasteiger charge is 2.31. The number of aromatic nitrogens is 3. The van der Waals surface area contributed by atoms with Gasteiger partial charge in [-0.15, -0.1) is 13.2 Å². The zero-order valence-corrected chi connectivity index (χ0v) is 15.5. The second-order valence-electron chi connectivity index (χ2n) is 6.12. The third kappa shape index (κ3) is 4.72. The summed E-state index contributed by atoms with van der Waals surface area (Å²) in [6, 6.07) is 12.8. The molecular weight excluding hydrogens is 401 g/mol. The number of methoxy groups -OCH3 is 1. The Kier molecular flexibility index (Phi) is 5.05. The van der Waals surface area contributed by atoms with E-state index in [0.717, 1.165) is 23.0 Å². The van der Waals surface area contributed by atoms with Gasteiger partial charge in [0.05, 0.1) is 7.11 Å². The molecule has 2 aromatic heterocycles. The van der Waals surface area contributed by atoms with Crippen LogP contribution in [0.25, 0.3) is 10.9 Å². The maximum absolute atomic E-state index is 12.5. The van der Waals surface area contributed by atoms with Crippen molar-refractivity contribution < 1.29 is 27.4 Å². The highest BCUT2D eigenvalue weighted by Crippen LogP contribution is 2.31. The van der Waals surface area contributed by atoms with Crippen LogP contribution in [0, 0.1) is 0 Å². The van der Waals surface area contributed by atoms with Crippen LogP contribution >= 0.6 is 0 Å². The fourth-order valence-corrected chi connectivity index (χ4v) is 2.76. The number of hydrogen-bond acceptors (Lipinski definition) is 6. The normalized spacial score (nSPS) is 11.3. The fraction of sp³-hybridized carbons (Fsp3) is 0.100. The molecule has 0 aliphatic carbocycles. The van der Waals surface area contributed by atoms with Crippen molar-refractivity contribution in [1.82, 2.24) is 15.0 Å². The van der Waals surface area contributed by atoms with E-state index in [0.29, 0.717) is 5.75 Å². The number of fused-ring (bicyclic) bond motifs is 1. The predicted molar refractivity (Wildman–Crippen MR) is 103 cm³/mol. The van der Waals surface area contributed by atoms with Gasteiger partial charge in [-0.05, 0) is 24.3 Å². The Labute approximate surface area is 168 Å². The monoisotopic (exact) mass is 416 g/mol. The van der Waals surface area contributed by atoms with Gasteiger partial charge in [0.2, 0.25) is 11.8 Å². The van der Waals surface area contributed by atoms with Gasteiger partial charge >= 0.3 is 6.36 Å². The first-order chi connectivity index (χ1) is 14.4. The van der Waals surface area contributed by atoms with Crippen molar-refractivity contribution in [2.75, 3.05) is 12.4 Å². The van der Waals surface area contributed by atoms with Crippen molar-refractivity contribution in [3.05, 3.63) is 60.9 Å². The van der Waals surface area contributed by atoms with Crippen molar-refractivity contribution in [1.29, 1.82) is 0 Å². The first-order valence-electron chi connectivity index (χ1n) is 8.68. The maximum Gasteiger partial charge on any atom is 0.573 e. The third-order valence-electron chi connectivity index (χ3n) is 3.98. The van der Waals surface area contributed by atoms with Crippen LogP contribution in [0.2, 0.25) is 0 Å². The predicted octanol–water partition coefficient (Wildman–Crippen LogP) is 5.40. The molecule has 2 N–H and O–H groups in total. The molecule has 0 atom stereocenters. The Balaban J connectivity index is 1.54. The Morgan fingerprint density at radius 3 is 2.60 bits per heavy atom. The molecule has 0 unspecified atom stereocenters. The van der Waals surface area contributed by atoms with Crippen molar-refractivity contribution in [3.63, 3.8) is 0 Å². The number of rotatable bonds is 6. The molecule has 0 saturated heterocycles. The number of nitrogens with zero attached hydrogens (tertiary/aromatic N) is 2. The van der Waals surface area contributed by atoms with Gasteiger partial charge < -0.3 is 24.5 Å². The van der Waals surface area contributed by atoms with Gasteiger partial charge in [0, 0.05) is 53.2 Å². The lowest BCUT2D eigenvalue weighted by atomic mass is 10.2. The Morgan fingerprint density at radius 1 is 0.967 bits per heavy atom. The number of H-pyrrole nitrogens is 1. The summed E-state index contributed by atoms with van der Waals surface area (Å²) in [5, 5.41) is 3.80. The standard InChI is InChI=1S/C20H15F3N4O3/c1-28-15-9-13(10-16(11-15)30-20(21,22)23)26-19-25-7-5-18(27-19)29-14-2-3-17-12(8-14)4-6-24-17/h2-11,24H,1H3,(H,25,26,27). The zero-order valence-electron chi connectivity index (χ0n) is 15.5. The Bertz CT molecular complexity index is 1180. The lowest BCUT2D eigenvalue weighted by molar-refractivity contribution is -0.274. The first-order valence-corrected chi connectivity index (χ1v) is 8.68. The minimum atomic E-state index is -4.82. The maximum atomic E-state index is 12.5. The van der Waals surface area contributed by atoms with Crippen LogP contribution in [0.3, 0.4) is 0 Å². The van der Waals surface area contributed by atoms with E-state index in [1.807, 2.05) is 24.4 Å². The molecule has 30 heavy (non-hydrogen) atoms.